The fourth-order valence-corrected chi connectivity index (χ4v) is 3.15. The smallest absolute Gasteiger partial charge is 0.406 e. The fourth-order valence-electron chi connectivity index (χ4n) is 3.15. The van der Waals surface area contributed by atoms with Crippen LogP contribution in [0.15, 0.2) is 54.2 Å². The van der Waals surface area contributed by atoms with Gasteiger partial charge in [-0.2, -0.15) is 0 Å². The average Bonchev–Trinajstić information content (AvgIpc) is 2.93. The van der Waals surface area contributed by atoms with Crippen LogP contribution in [0.1, 0.15) is 11.1 Å². The highest BCUT2D eigenvalue weighted by Gasteiger charge is 2.41. The van der Waals surface area contributed by atoms with Crippen LogP contribution in [-0.4, -0.2) is 48.4 Å². The second-order valence-corrected chi connectivity index (χ2v) is 6.72. The number of halogens is 3. The number of likely N-dealkylation sites (N-methyl/N-ethyl adjacent to an activating group) is 1. The van der Waals surface area contributed by atoms with Crippen molar-refractivity contribution in [1.82, 2.24) is 4.90 Å². The Bertz CT molecular complexity index is 983. The molecule has 0 saturated heterocycles. The van der Waals surface area contributed by atoms with Gasteiger partial charge in [0.1, 0.15) is 11.4 Å². The Kier molecular flexibility index (Phi) is 5.84. The van der Waals surface area contributed by atoms with Gasteiger partial charge in [0.05, 0.1) is 17.9 Å². The van der Waals surface area contributed by atoms with Crippen molar-refractivity contribution in [3.8, 4) is 5.75 Å². The van der Waals surface area contributed by atoms with E-state index in [2.05, 4.69) is 4.74 Å². The van der Waals surface area contributed by atoms with Crippen molar-refractivity contribution in [2.24, 2.45) is 0 Å². The lowest BCUT2D eigenvalue weighted by Gasteiger charge is -2.20. The molecule has 9 heteroatoms. The minimum absolute atomic E-state index is 0.105. The normalized spacial score (nSPS) is 14.5. The van der Waals surface area contributed by atoms with Crippen molar-refractivity contribution in [3.63, 3.8) is 0 Å². The standard InChI is InChI=1S/C21H19F3N2O4/c1-13-3-5-14(6-4-13)17-18(25(2)11-12-27)20(29)26(19(17)28)15-7-9-16(10-8-15)30-21(22,23)24/h3-10,27H,11-12H2,1-2H3. The van der Waals surface area contributed by atoms with Crippen molar-refractivity contribution in [2.45, 2.75) is 13.3 Å². The van der Waals surface area contributed by atoms with E-state index in [0.29, 0.717) is 5.56 Å². The summed E-state index contributed by atoms with van der Waals surface area (Å²) < 4.78 is 41.0. The molecule has 0 unspecified atom stereocenters. The predicted octanol–water partition coefficient (Wildman–Crippen LogP) is 3.10. The van der Waals surface area contributed by atoms with Crippen LogP contribution in [0, 0.1) is 6.92 Å². The molecule has 2 amide bonds. The van der Waals surface area contributed by atoms with E-state index in [1.165, 1.54) is 17.0 Å². The summed E-state index contributed by atoms with van der Waals surface area (Å²) in [5, 5.41) is 9.27. The second kappa shape index (κ2) is 8.19. The number of rotatable bonds is 6. The van der Waals surface area contributed by atoms with Crippen LogP contribution >= 0.6 is 0 Å². The number of nitrogens with zero attached hydrogens (tertiary/aromatic N) is 2. The topological polar surface area (TPSA) is 70.1 Å². The number of aliphatic hydroxyl groups excluding tert-OH is 1. The number of aliphatic hydroxyl groups is 1. The van der Waals surface area contributed by atoms with Crippen molar-refractivity contribution >= 4 is 23.1 Å². The van der Waals surface area contributed by atoms with E-state index in [1.807, 2.05) is 6.92 Å². The molecule has 1 heterocycles. The maximum atomic E-state index is 13.2. The first-order valence-corrected chi connectivity index (χ1v) is 9.00. The third-order valence-corrected chi connectivity index (χ3v) is 4.55. The van der Waals surface area contributed by atoms with Crippen LogP contribution in [0.25, 0.3) is 5.57 Å². The van der Waals surface area contributed by atoms with Crippen molar-refractivity contribution in [1.29, 1.82) is 0 Å². The Morgan fingerprint density at radius 3 is 2.13 bits per heavy atom. The third kappa shape index (κ3) is 4.30. The molecule has 3 rings (SSSR count). The predicted molar refractivity (Wildman–Crippen MR) is 103 cm³/mol. The number of hydrogen-bond acceptors (Lipinski definition) is 5. The van der Waals surface area contributed by atoms with Crippen molar-refractivity contribution in [2.75, 3.05) is 25.1 Å². The number of benzene rings is 2. The summed E-state index contributed by atoms with van der Waals surface area (Å²) >= 11 is 0. The van der Waals surface area contributed by atoms with E-state index in [0.717, 1.165) is 22.6 Å². The molecule has 0 saturated carbocycles. The molecule has 1 aliphatic heterocycles. The number of hydrogen-bond donors (Lipinski definition) is 1. The Morgan fingerprint density at radius 2 is 1.60 bits per heavy atom. The van der Waals surface area contributed by atoms with Crippen LogP contribution in [0.5, 0.6) is 5.75 Å². The quantitative estimate of drug-likeness (QED) is 0.728. The van der Waals surface area contributed by atoms with Gasteiger partial charge in [0, 0.05) is 13.6 Å². The number of aryl methyl sites for hydroxylation is 1. The van der Waals surface area contributed by atoms with E-state index < -0.39 is 23.9 Å². The molecule has 0 atom stereocenters. The second-order valence-electron chi connectivity index (χ2n) is 6.72. The van der Waals surface area contributed by atoms with Gasteiger partial charge in [-0.1, -0.05) is 29.8 Å². The van der Waals surface area contributed by atoms with Gasteiger partial charge in [0.2, 0.25) is 0 Å². The third-order valence-electron chi connectivity index (χ3n) is 4.55. The van der Waals surface area contributed by atoms with Crippen LogP contribution < -0.4 is 9.64 Å². The highest BCUT2D eigenvalue weighted by Crippen LogP contribution is 2.35. The first kappa shape index (κ1) is 21.4. The lowest BCUT2D eigenvalue weighted by molar-refractivity contribution is -0.274. The first-order chi connectivity index (χ1) is 14.1. The summed E-state index contributed by atoms with van der Waals surface area (Å²) in [5.74, 6) is -1.70. The zero-order valence-corrected chi connectivity index (χ0v) is 16.2. The summed E-state index contributed by atoms with van der Waals surface area (Å²) in [5.41, 5.74) is 1.87. The zero-order valence-electron chi connectivity index (χ0n) is 16.2. The van der Waals surface area contributed by atoms with E-state index in [4.69, 9.17) is 0 Å². The lowest BCUT2D eigenvalue weighted by atomic mass is 10.0. The minimum atomic E-state index is -4.85. The van der Waals surface area contributed by atoms with Gasteiger partial charge in [0.15, 0.2) is 0 Å². The lowest BCUT2D eigenvalue weighted by Crippen LogP contribution is -2.34. The molecule has 0 aliphatic carbocycles. The van der Waals surface area contributed by atoms with Crippen LogP contribution in [0.2, 0.25) is 0 Å². The Balaban J connectivity index is 2.00. The highest BCUT2D eigenvalue weighted by molar-refractivity contribution is 6.45. The number of alkyl halides is 3. The summed E-state index contributed by atoms with van der Waals surface area (Å²) in [7, 11) is 1.58. The highest BCUT2D eigenvalue weighted by atomic mass is 19.4. The molecular weight excluding hydrogens is 401 g/mol. The average molecular weight is 420 g/mol. The number of amides is 2. The summed E-state index contributed by atoms with van der Waals surface area (Å²) in [6, 6.07) is 11.5. The molecule has 30 heavy (non-hydrogen) atoms. The number of anilines is 1. The van der Waals surface area contributed by atoms with E-state index in [9.17, 15) is 27.9 Å². The van der Waals surface area contributed by atoms with E-state index in [1.54, 1.807) is 31.3 Å². The molecule has 1 aliphatic rings. The van der Waals surface area contributed by atoms with Gasteiger partial charge in [-0.05, 0) is 36.8 Å². The van der Waals surface area contributed by atoms with Crippen LogP contribution in [0.3, 0.4) is 0 Å². The Labute approximate surface area is 170 Å². The summed E-state index contributed by atoms with van der Waals surface area (Å²) in [4.78, 5) is 28.7. The maximum Gasteiger partial charge on any atom is 0.573 e. The van der Waals surface area contributed by atoms with Gasteiger partial charge >= 0.3 is 6.36 Å². The Morgan fingerprint density at radius 1 is 1.00 bits per heavy atom. The number of carbonyl (C=O) groups excluding carboxylic acids is 2. The molecule has 158 valence electrons. The van der Waals surface area contributed by atoms with Crippen LogP contribution in [0.4, 0.5) is 18.9 Å². The molecule has 6 nitrogen and oxygen atoms in total. The van der Waals surface area contributed by atoms with Gasteiger partial charge in [-0.3, -0.25) is 9.59 Å². The van der Waals surface area contributed by atoms with Crippen molar-refractivity contribution < 1.29 is 32.6 Å². The van der Waals surface area contributed by atoms with Gasteiger partial charge in [0.25, 0.3) is 11.8 Å². The molecule has 0 aromatic heterocycles. The summed E-state index contributed by atoms with van der Waals surface area (Å²) in [6.45, 7) is 1.78. The minimum Gasteiger partial charge on any atom is -0.406 e. The van der Waals surface area contributed by atoms with Gasteiger partial charge < -0.3 is 14.7 Å². The number of carbonyl (C=O) groups is 2. The monoisotopic (exact) mass is 420 g/mol. The SMILES string of the molecule is Cc1ccc(C2=C(N(C)CCO)C(=O)N(c3ccc(OC(F)(F)F)cc3)C2=O)cc1. The fraction of sp³-hybridized carbons (Fsp3) is 0.238. The van der Waals surface area contributed by atoms with Gasteiger partial charge in [-0.25, -0.2) is 4.90 Å². The van der Waals surface area contributed by atoms with E-state index >= 15 is 0 Å². The maximum absolute atomic E-state index is 13.2. The molecular formula is C21H19F3N2O4. The molecule has 2 aromatic rings. The van der Waals surface area contributed by atoms with Crippen LogP contribution in [-0.2, 0) is 9.59 Å². The van der Waals surface area contributed by atoms with Crippen molar-refractivity contribution in [3.05, 3.63) is 65.4 Å². The Hall–Kier alpha value is -3.33. The molecule has 0 spiro atoms. The number of imide groups is 1. The summed E-state index contributed by atoms with van der Waals surface area (Å²) in [6.07, 6.45) is -4.85. The largest absolute Gasteiger partial charge is 0.573 e. The molecule has 0 radical (unpaired) electrons. The first-order valence-electron chi connectivity index (χ1n) is 9.00. The molecule has 1 N–H and O–H groups in total. The molecule has 2 aromatic carbocycles. The zero-order chi connectivity index (χ0) is 22.1. The van der Waals surface area contributed by atoms with Gasteiger partial charge in [-0.15, -0.1) is 13.2 Å². The molecule has 0 bridgehead atoms. The van der Waals surface area contributed by atoms with E-state index in [-0.39, 0.29) is 30.1 Å². The molecule has 0 fully saturated rings. The number of ether oxygens (including phenoxy) is 1.